The lowest BCUT2D eigenvalue weighted by atomic mass is 9.97. The van der Waals surface area contributed by atoms with Crippen molar-refractivity contribution in [2.75, 3.05) is 7.11 Å². The van der Waals surface area contributed by atoms with Crippen LogP contribution in [0.5, 0.6) is 11.5 Å². The van der Waals surface area contributed by atoms with E-state index in [0.717, 1.165) is 41.5 Å². The highest BCUT2D eigenvalue weighted by Crippen LogP contribution is 2.44. The van der Waals surface area contributed by atoms with Crippen molar-refractivity contribution in [1.29, 1.82) is 0 Å². The van der Waals surface area contributed by atoms with Gasteiger partial charge < -0.3 is 14.0 Å². The fraction of sp³-hybridized carbons (Fsp3) is 0.417. The Labute approximate surface area is 176 Å². The molecule has 1 saturated heterocycles. The van der Waals surface area contributed by atoms with Crippen LogP contribution in [-0.2, 0) is 19.6 Å². The first-order valence-corrected chi connectivity index (χ1v) is 10.5. The zero-order chi connectivity index (χ0) is 20.7. The number of pyridine rings is 1. The Morgan fingerprint density at radius 1 is 1.17 bits per heavy atom. The summed E-state index contributed by atoms with van der Waals surface area (Å²) in [7, 11) is 1.69. The van der Waals surface area contributed by atoms with Crippen LogP contribution in [0.2, 0.25) is 0 Å². The summed E-state index contributed by atoms with van der Waals surface area (Å²) in [5.41, 5.74) is 5.76. The molecule has 0 aliphatic carbocycles. The number of hydrogen-bond acceptors (Lipinski definition) is 6. The number of ether oxygens (including phenoxy) is 2. The fourth-order valence-electron chi connectivity index (χ4n) is 4.88. The first-order chi connectivity index (χ1) is 14.6. The molecular weight excluding hydrogens is 378 g/mol. The lowest BCUT2D eigenvalue weighted by molar-refractivity contribution is 0.166. The van der Waals surface area contributed by atoms with Crippen LogP contribution in [0.1, 0.15) is 52.7 Å². The van der Waals surface area contributed by atoms with Gasteiger partial charge in [-0.2, -0.15) is 0 Å². The van der Waals surface area contributed by atoms with Gasteiger partial charge in [-0.15, -0.1) is 0 Å². The normalized spacial score (nSPS) is 20.2. The van der Waals surface area contributed by atoms with E-state index in [1.807, 2.05) is 26.1 Å². The van der Waals surface area contributed by atoms with Crippen molar-refractivity contribution >= 4 is 0 Å². The molecule has 2 aromatic heterocycles. The summed E-state index contributed by atoms with van der Waals surface area (Å²) in [6.45, 7) is 5.15. The smallest absolute Gasteiger partial charge is 0.161 e. The molecule has 0 amide bonds. The van der Waals surface area contributed by atoms with Gasteiger partial charge in [0.1, 0.15) is 12.4 Å². The Hall–Kier alpha value is -2.86. The Bertz CT molecular complexity index is 1040. The van der Waals surface area contributed by atoms with Crippen LogP contribution < -0.4 is 9.47 Å². The van der Waals surface area contributed by atoms with Gasteiger partial charge in [0.25, 0.3) is 0 Å². The number of aryl methyl sites for hydroxylation is 2. The molecule has 0 saturated carbocycles. The van der Waals surface area contributed by atoms with Crippen molar-refractivity contribution in [3.8, 4) is 11.5 Å². The van der Waals surface area contributed by atoms with Gasteiger partial charge in [0.15, 0.2) is 11.5 Å². The first kappa shape index (κ1) is 19.1. The summed E-state index contributed by atoms with van der Waals surface area (Å²) in [5.74, 6) is 2.28. The van der Waals surface area contributed by atoms with Crippen molar-refractivity contribution < 1.29 is 14.0 Å². The molecule has 1 aromatic carbocycles. The van der Waals surface area contributed by atoms with Gasteiger partial charge in [0.05, 0.1) is 18.4 Å². The van der Waals surface area contributed by atoms with Crippen molar-refractivity contribution in [2.24, 2.45) is 0 Å². The molecule has 0 N–H and O–H groups in total. The minimum Gasteiger partial charge on any atom is -0.493 e. The zero-order valence-electron chi connectivity index (χ0n) is 17.7. The maximum Gasteiger partial charge on any atom is 0.161 e. The van der Waals surface area contributed by atoms with E-state index in [2.05, 4.69) is 39.3 Å². The second-order valence-electron chi connectivity index (χ2n) is 8.24. The number of benzene rings is 1. The van der Waals surface area contributed by atoms with E-state index in [9.17, 15) is 0 Å². The fourth-order valence-corrected chi connectivity index (χ4v) is 4.88. The summed E-state index contributed by atoms with van der Waals surface area (Å²) < 4.78 is 16.9. The van der Waals surface area contributed by atoms with E-state index in [1.165, 1.54) is 29.7 Å². The van der Waals surface area contributed by atoms with Crippen molar-refractivity contribution in [1.82, 2.24) is 15.0 Å². The number of hydrogen-bond donors (Lipinski definition) is 0. The van der Waals surface area contributed by atoms with Gasteiger partial charge in [-0.3, -0.25) is 9.88 Å². The summed E-state index contributed by atoms with van der Waals surface area (Å²) in [6, 6.07) is 11.6. The highest BCUT2D eigenvalue weighted by Gasteiger charge is 2.40. The Morgan fingerprint density at radius 3 is 2.87 bits per heavy atom. The highest BCUT2D eigenvalue weighted by atomic mass is 16.5. The molecule has 2 bridgehead atoms. The summed E-state index contributed by atoms with van der Waals surface area (Å²) in [5, 5.41) is 3.99. The Balaban J connectivity index is 1.33. The number of aromatic nitrogens is 2. The molecule has 1 fully saturated rings. The van der Waals surface area contributed by atoms with E-state index < -0.39 is 0 Å². The van der Waals surface area contributed by atoms with E-state index in [-0.39, 0.29) is 0 Å². The van der Waals surface area contributed by atoms with Crippen molar-refractivity contribution in [3.05, 3.63) is 70.4 Å². The maximum absolute atomic E-state index is 6.03. The average Bonchev–Trinajstić information content (AvgIpc) is 3.22. The van der Waals surface area contributed by atoms with E-state index >= 15 is 0 Å². The summed E-state index contributed by atoms with van der Waals surface area (Å²) in [6.07, 6.45) is 5.40. The number of nitrogens with zero attached hydrogens (tertiary/aromatic N) is 3. The first-order valence-electron chi connectivity index (χ1n) is 10.5. The van der Waals surface area contributed by atoms with Gasteiger partial charge >= 0.3 is 0 Å². The van der Waals surface area contributed by atoms with Gasteiger partial charge in [-0.05, 0) is 56.0 Å². The Kier molecular flexibility index (Phi) is 4.95. The SMILES string of the molecule is COc1cc(CN2C3CCC2c2cccnc2C3)ccc1OCc1c(C)noc1C. The Morgan fingerprint density at radius 2 is 2.07 bits per heavy atom. The average molecular weight is 405 g/mol. The molecule has 30 heavy (non-hydrogen) atoms. The molecule has 0 radical (unpaired) electrons. The van der Waals surface area contributed by atoms with E-state index in [1.54, 1.807) is 7.11 Å². The van der Waals surface area contributed by atoms with E-state index in [4.69, 9.17) is 14.0 Å². The van der Waals surface area contributed by atoms with Crippen LogP contribution in [0.3, 0.4) is 0 Å². The molecule has 4 heterocycles. The van der Waals surface area contributed by atoms with Crippen LogP contribution in [0.25, 0.3) is 0 Å². The predicted octanol–water partition coefficient (Wildman–Crippen LogP) is 4.54. The molecule has 3 aromatic rings. The summed E-state index contributed by atoms with van der Waals surface area (Å²) in [4.78, 5) is 7.25. The molecule has 156 valence electrons. The molecule has 2 atom stereocenters. The number of methoxy groups -OCH3 is 1. The second kappa shape index (κ2) is 7.76. The molecule has 2 aliphatic heterocycles. The van der Waals surface area contributed by atoms with Crippen molar-refractivity contribution in [3.63, 3.8) is 0 Å². The lowest BCUT2D eigenvalue weighted by Crippen LogP contribution is -2.37. The van der Waals surface area contributed by atoms with Gasteiger partial charge in [-0.1, -0.05) is 17.3 Å². The van der Waals surface area contributed by atoms with Crippen molar-refractivity contribution in [2.45, 2.75) is 58.3 Å². The van der Waals surface area contributed by atoms with Gasteiger partial charge in [-0.25, -0.2) is 0 Å². The molecule has 0 spiro atoms. The number of rotatable bonds is 6. The minimum atomic E-state index is 0.414. The highest BCUT2D eigenvalue weighted by molar-refractivity contribution is 5.43. The third-order valence-corrected chi connectivity index (χ3v) is 6.50. The molecule has 2 unspecified atom stereocenters. The van der Waals surface area contributed by atoms with E-state index in [0.29, 0.717) is 18.7 Å². The molecular formula is C24H27N3O3. The maximum atomic E-state index is 6.03. The topological polar surface area (TPSA) is 60.6 Å². The van der Waals surface area contributed by atoms with Crippen LogP contribution in [0, 0.1) is 13.8 Å². The lowest BCUT2D eigenvalue weighted by Gasteiger charge is -2.35. The summed E-state index contributed by atoms with van der Waals surface area (Å²) >= 11 is 0. The standard InChI is InChI=1S/C24H27N3O3/c1-15-20(16(2)30-26-15)14-29-23-9-6-17(11-24(23)28-3)13-27-18-7-8-22(27)19-5-4-10-25-21(19)12-18/h4-6,9-11,18,22H,7-8,12-14H2,1-3H3. The van der Waals surface area contributed by atoms with Gasteiger partial charge in [0.2, 0.25) is 0 Å². The van der Waals surface area contributed by atoms with Crippen LogP contribution in [0.4, 0.5) is 0 Å². The zero-order valence-corrected chi connectivity index (χ0v) is 17.7. The molecule has 5 rings (SSSR count). The van der Waals surface area contributed by atoms with Crippen LogP contribution in [-0.4, -0.2) is 28.2 Å². The number of fused-ring (bicyclic) bond motifs is 4. The van der Waals surface area contributed by atoms with Crippen LogP contribution in [0.15, 0.2) is 41.1 Å². The predicted molar refractivity (Wildman–Crippen MR) is 113 cm³/mol. The molecule has 2 aliphatic rings. The monoisotopic (exact) mass is 405 g/mol. The third-order valence-electron chi connectivity index (χ3n) is 6.50. The third kappa shape index (κ3) is 3.35. The molecule has 6 heteroatoms. The quantitative estimate of drug-likeness (QED) is 0.600. The van der Waals surface area contributed by atoms with Gasteiger partial charge in [0, 0.05) is 36.9 Å². The largest absolute Gasteiger partial charge is 0.493 e. The second-order valence-corrected chi connectivity index (χ2v) is 8.24. The van der Waals surface area contributed by atoms with Crippen LogP contribution >= 0.6 is 0 Å². The molecule has 6 nitrogen and oxygen atoms in total. The minimum absolute atomic E-state index is 0.414.